The van der Waals surface area contributed by atoms with Gasteiger partial charge in [0.2, 0.25) is 0 Å². The van der Waals surface area contributed by atoms with E-state index in [-0.39, 0.29) is 0 Å². The van der Waals surface area contributed by atoms with Gasteiger partial charge in [0, 0.05) is 13.7 Å². The summed E-state index contributed by atoms with van der Waals surface area (Å²) in [4.78, 5) is 0. The zero-order chi connectivity index (χ0) is 13.5. The predicted octanol–water partition coefficient (Wildman–Crippen LogP) is 0.961. The Morgan fingerprint density at radius 1 is 1.37 bits per heavy atom. The molecule has 19 heavy (non-hydrogen) atoms. The van der Waals surface area contributed by atoms with Gasteiger partial charge in [-0.1, -0.05) is 19.1 Å². The summed E-state index contributed by atoms with van der Waals surface area (Å²) in [5.41, 5.74) is 2.26. The number of methoxy groups -OCH3 is 1. The molecule has 0 fully saturated rings. The van der Waals surface area contributed by atoms with Crippen molar-refractivity contribution in [1.82, 2.24) is 25.5 Å². The molecule has 0 radical (unpaired) electrons. The van der Waals surface area contributed by atoms with Gasteiger partial charge in [-0.3, -0.25) is 0 Å². The van der Waals surface area contributed by atoms with Crippen LogP contribution >= 0.6 is 0 Å². The largest absolute Gasteiger partial charge is 0.383 e. The van der Waals surface area contributed by atoms with Crippen LogP contribution in [0.15, 0.2) is 24.3 Å². The number of rotatable bonds is 7. The maximum Gasteiger partial charge on any atom is 0.170 e. The van der Waals surface area contributed by atoms with Gasteiger partial charge in [-0.2, -0.15) is 4.68 Å². The van der Waals surface area contributed by atoms with E-state index in [1.807, 2.05) is 12.1 Å². The van der Waals surface area contributed by atoms with Crippen molar-refractivity contribution in [2.75, 3.05) is 20.3 Å². The summed E-state index contributed by atoms with van der Waals surface area (Å²) in [5, 5.41) is 15.1. The van der Waals surface area contributed by atoms with Crippen LogP contribution in [0.25, 0.3) is 5.69 Å². The van der Waals surface area contributed by atoms with E-state index in [9.17, 15) is 0 Å². The number of hydrogen-bond donors (Lipinski definition) is 1. The molecule has 0 aliphatic carbocycles. The fourth-order valence-electron chi connectivity index (χ4n) is 1.80. The van der Waals surface area contributed by atoms with E-state index in [2.05, 4.69) is 39.9 Å². The Morgan fingerprint density at radius 2 is 2.26 bits per heavy atom. The smallest absolute Gasteiger partial charge is 0.170 e. The standard InChI is InChI=1S/C13H19N5O/c1-3-11-5-4-6-12(9-11)18-13(15-16-17-18)10-14-7-8-19-2/h4-6,9,14H,3,7-8,10H2,1-2H3. The van der Waals surface area contributed by atoms with Gasteiger partial charge in [-0.05, 0) is 34.5 Å². The van der Waals surface area contributed by atoms with Crippen molar-refractivity contribution < 1.29 is 4.74 Å². The first-order valence-corrected chi connectivity index (χ1v) is 6.41. The van der Waals surface area contributed by atoms with E-state index >= 15 is 0 Å². The molecule has 2 rings (SSSR count). The van der Waals surface area contributed by atoms with Gasteiger partial charge in [0.05, 0.1) is 18.8 Å². The van der Waals surface area contributed by atoms with E-state index in [0.29, 0.717) is 13.2 Å². The molecule has 1 aromatic heterocycles. The van der Waals surface area contributed by atoms with Crippen LogP contribution in [-0.2, 0) is 17.7 Å². The van der Waals surface area contributed by atoms with Crippen molar-refractivity contribution >= 4 is 0 Å². The fourth-order valence-corrected chi connectivity index (χ4v) is 1.80. The number of aryl methyl sites for hydroxylation is 1. The molecular weight excluding hydrogens is 242 g/mol. The number of hydrogen-bond acceptors (Lipinski definition) is 5. The highest BCUT2D eigenvalue weighted by Gasteiger charge is 2.07. The van der Waals surface area contributed by atoms with E-state index in [1.165, 1.54) is 5.56 Å². The van der Waals surface area contributed by atoms with E-state index in [1.54, 1.807) is 11.8 Å². The Hall–Kier alpha value is -1.79. The van der Waals surface area contributed by atoms with Crippen molar-refractivity contribution in [2.24, 2.45) is 0 Å². The first-order valence-electron chi connectivity index (χ1n) is 6.41. The van der Waals surface area contributed by atoms with E-state index in [4.69, 9.17) is 4.74 Å². The van der Waals surface area contributed by atoms with Crippen LogP contribution in [0.5, 0.6) is 0 Å². The van der Waals surface area contributed by atoms with Crippen LogP contribution in [0.4, 0.5) is 0 Å². The zero-order valence-corrected chi connectivity index (χ0v) is 11.3. The SMILES string of the molecule is CCc1cccc(-n2nnnc2CNCCOC)c1. The summed E-state index contributed by atoms with van der Waals surface area (Å²) >= 11 is 0. The molecule has 1 N–H and O–H groups in total. The number of benzene rings is 1. The molecule has 102 valence electrons. The van der Waals surface area contributed by atoms with Gasteiger partial charge in [0.25, 0.3) is 0 Å². The highest BCUT2D eigenvalue weighted by atomic mass is 16.5. The molecular formula is C13H19N5O. The molecule has 0 aliphatic rings. The Kier molecular flexibility index (Phi) is 5.00. The average molecular weight is 261 g/mol. The van der Waals surface area contributed by atoms with Gasteiger partial charge in [-0.25, -0.2) is 0 Å². The van der Waals surface area contributed by atoms with Gasteiger partial charge in [-0.15, -0.1) is 5.10 Å². The fraction of sp³-hybridized carbons (Fsp3) is 0.462. The van der Waals surface area contributed by atoms with Crippen LogP contribution < -0.4 is 5.32 Å². The molecule has 0 saturated carbocycles. The maximum atomic E-state index is 4.99. The van der Waals surface area contributed by atoms with E-state index in [0.717, 1.165) is 24.5 Å². The minimum Gasteiger partial charge on any atom is -0.383 e. The third kappa shape index (κ3) is 3.59. The summed E-state index contributed by atoms with van der Waals surface area (Å²) in [6.45, 7) is 4.20. The molecule has 1 heterocycles. The molecule has 6 nitrogen and oxygen atoms in total. The number of aromatic nitrogens is 4. The zero-order valence-electron chi connectivity index (χ0n) is 11.3. The highest BCUT2D eigenvalue weighted by Crippen LogP contribution is 2.11. The van der Waals surface area contributed by atoms with E-state index < -0.39 is 0 Å². The van der Waals surface area contributed by atoms with Crippen LogP contribution in [0.2, 0.25) is 0 Å². The maximum absolute atomic E-state index is 4.99. The third-order valence-electron chi connectivity index (χ3n) is 2.86. The second kappa shape index (κ2) is 6.96. The highest BCUT2D eigenvalue weighted by molar-refractivity contribution is 5.35. The van der Waals surface area contributed by atoms with Gasteiger partial charge >= 0.3 is 0 Å². The average Bonchev–Trinajstić information content (AvgIpc) is 2.92. The first kappa shape index (κ1) is 13.6. The summed E-state index contributed by atoms with van der Waals surface area (Å²) in [6.07, 6.45) is 0.997. The molecule has 6 heteroatoms. The van der Waals surface area contributed by atoms with Crippen LogP contribution in [0.3, 0.4) is 0 Å². The van der Waals surface area contributed by atoms with Crippen LogP contribution in [-0.4, -0.2) is 40.5 Å². The normalized spacial score (nSPS) is 10.8. The molecule has 0 aliphatic heterocycles. The topological polar surface area (TPSA) is 64.9 Å². The lowest BCUT2D eigenvalue weighted by atomic mass is 10.1. The minimum atomic E-state index is 0.618. The summed E-state index contributed by atoms with van der Waals surface area (Å²) in [5.74, 6) is 0.796. The third-order valence-corrected chi connectivity index (χ3v) is 2.86. The monoisotopic (exact) mass is 261 g/mol. The Labute approximate surface area is 112 Å². The van der Waals surface area contributed by atoms with Crippen molar-refractivity contribution in [3.63, 3.8) is 0 Å². The predicted molar refractivity (Wildman–Crippen MR) is 72.1 cm³/mol. The molecule has 0 amide bonds. The molecule has 0 saturated heterocycles. The summed E-state index contributed by atoms with van der Waals surface area (Å²) in [7, 11) is 1.68. The second-order valence-electron chi connectivity index (χ2n) is 4.20. The van der Waals surface area contributed by atoms with Crippen molar-refractivity contribution in [3.05, 3.63) is 35.7 Å². The Morgan fingerprint density at radius 3 is 3.05 bits per heavy atom. The lowest BCUT2D eigenvalue weighted by Crippen LogP contribution is -2.21. The number of nitrogens with zero attached hydrogens (tertiary/aromatic N) is 4. The van der Waals surface area contributed by atoms with Gasteiger partial charge in [0.15, 0.2) is 5.82 Å². The molecule has 0 spiro atoms. The van der Waals surface area contributed by atoms with Crippen LogP contribution in [0.1, 0.15) is 18.3 Å². The summed E-state index contributed by atoms with van der Waals surface area (Å²) in [6, 6.07) is 8.24. The lowest BCUT2D eigenvalue weighted by Gasteiger charge is -2.07. The summed E-state index contributed by atoms with van der Waals surface area (Å²) < 4.78 is 6.75. The number of nitrogens with one attached hydrogen (secondary N) is 1. The molecule has 0 atom stereocenters. The van der Waals surface area contributed by atoms with Crippen molar-refractivity contribution in [1.29, 1.82) is 0 Å². The Balaban J connectivity index is 2.09. The molecule has 2 aromatic rings. The van der Waals surface area contributed by atoms with Crippen molar-refractivity contribution in [3.8, 4) is 5.69 Å². The quantitative estimate of drug-likeness (QED) is 0.752. The van der Waals surface area contributed by atoms with Crippen molar-refractivity contribution in [2.45, 2.75) is 19.9 Å². The van der Waals surface area contributed by atoms with Gasteiger partial charge in [0.1, 0.15) is 0 Å². The first-order chi connectivity index (χ1) is 9.35. The second-order valence-corrected chi connectivity index (χ2v) is 4.20. The van der Waals surface area contributed by atoms with Gasteiger partial charge < -0.3 is 10.1 Å². The molecule has 0 bridgehead atoms. The number of ether oxygens (including phenoxy) is 1. The minimum absolute atomic E-state index is 0.618. The Bertz CT molecular complexity index is 511. The number of tetrazole rings is 1. The molecule has 1 aromatic carbocycles. The lowest BCUT2D eigenvalue weighted by molar-refractivity contribution is 0.199. The molecule has 0 unspecified atom stereocenters. The van der Waals surface area contributed by atoms with Crippen LogP contribution in [0, 0.1) is 0 Å².